The zero-order chi connectivity index (χ0) is 15.4. The topological polar surface area (TPSA) is 132 Å². The molecule has 0 aromatic heterocycles. The van der Waals surface area contributed by atoms with Crippen LogP contribution in [0.4, 0.5) is 4.79 Å². The number of amidine groups is 1. The monoisotopic (exact) mass is 291 g/mol. The van der Waals surface area contributed by atoms with Crippen LogP contribution in [-0.2, 0) is 19.2 Å². The molecule has 0 unspecified atom stereocenters. The molecule has 0 fully saturated rings. The Hall–Kier alpha value is -1.87. The van der Waals surface area contributed by atoms with Crippen LogP contribution >= 0.6 is 0 Å². The number of carbonyl (C=O) groups excluding carboxylic acids is 2. The number of ether oxygens (including phenoxy) is 2. The fourth-order valence-electron chi connectivity index (χ4n) is 1.24. The highest BCUT2D eigenvalue weighted by Gasteiger charge is 2.13. The van der Waals surface area contributed by atoms with Gasteiger partial charge in [-0.1, -0.05) is 0 Å². The Morgan fingerprint density at radius 2 is 2.10 bits per heavy atom. The Labute approximate surface area is 117 Å². The van der Waals surface area contributed by atoms with Gasteiger partial charge >= 0.3 is 12.1 Å². The first-order valence-electron chi connectivity index (χ1n) is 6.07. The molecule has 20 heavy (non-hydrogen) atoms. The molecule has 0 bridgehead atoms. The Kier molecular flexibility index (Phi) is 9.97. The molecule has 116 valence electrons. The van der Waals surface area contributed by atoms with Crippen molar-refractivity contribution in [3.63, 3.8) is 0 Å². The van der Waals surface area contributed by atoms with E-state index in [4.69, 9.17) is 11.0 Å². The van der Waals surface area contributed by atoms with Crippen molar-refractivity contribution in [3.8, 4) is 0 Å². The van der Waals surface area contributed by atoms with Gasteiger partial charge in [-0.05, 0) is 26.2 Å². The lowest BCUT2D eigenvalue weighted by Crippen LogP contribution is -2.31. The summed E-state index contributed by atoms with van der Waals surface area (Å²) in [6.07, 6.45) is 1.08. The maximum atomic E-state index is 10.8. The van der Waals surface area contributed by atoms with Gasteiger partial charge in [0.1, 0.15) is 6.04 Å². The zero-order valence-electron chi connectivity index (χ0n) is 11.6. The normalized spacial score (nSPS) is 12.5. The highest BCUT2D eigenvalue weighted by molar-refractivity contribution is 5.79. The van der Waals surface area contributed by atoms with Gasteiger partial charge in [-0.3, -0.25) is 4.89 Å². The summed E-state index contributed by atoms with van der Waals surface area (Å²) in [6.45, 7) is 2.25. The van der Waals surface area contributed by atoms with Crippen LogP contribution in [0.5, 0.6) is 0 Å². The summed E-state index contributed by atoms with van der Waals surface area (Å²) in [5.74, 6) is -0.219. The lowest BCUT2D eigenvalue weighted by molar-refractivity contribution is -0.235. The van der Waals surface area contributed by atoms with Gasteiger partial charge < -0.3 is 20.5 Å². The molecule has 0 aliphatic heterocycles. The van der Waals surface area contributed by atoms with E-state index in [9.17, 15) is 9.59 Å². The van der Waals surface area contributed by atoms with E-state index in [-0.39, 0.29) is 6.73 Å². The molecule has 0 aromatic rings. The summed E-state index contributed by atoms with van der Waals surface area (Å²) in [7, 11) is 1.22. The van der Waals surface area contributed by atoms with Crippen LogP contribution < -0.4 is 11.1 Å². The average molecular weight is 291 g/mol. The summed E-state index contributed by atoms with van der Waals surface area (Å²) in [5, 5.41) is 11.1. The number of nitrogens with zero attached hydrogens (tertiary/aromatic N) is 1. The van der Waals surface area contributed by atoms with Crippen LogP contribution in [-0.4, -0.2) is 49.6 Å². The average Bonchev–Trinajstić information content (AvgIpc) is 2.45. The van der Waals surface area contributed by atoms with E-state index in [1.165, 1.54) is 7.11 Å². The minimum Gasteiger partial charge on any atom is -0.438 e. The van der Waals surface area contributed by atoms with Crippen molar-refractivity contribution >= 4 is 18.0 Å². The Bertz CT molecular complexity index is 334. The number of unbranched alkanes of at least 4 members (excludes halogenated alkanes) is 1. The number of methoxy groups -OCH3 is 1. The molecular formula is C11H21N3O6. The van der Waals surface area contributed by atoms with Gasteiger partial charge in [-0.2, -0.15) is 5.26 Å². The van der Waals surface area contributed by atoms with E-state index in [0.717, 1.165) is 6.42 Å². The maximum Gasteiger partial charge on any atom is 0.509 e. The van der Waals surface area contributed by atoms with Crippen LogP contribution in [0.3, 0.4) is 0 Å². The van der Waals surface area contributed by atoms with Crippen molar-refractivity contribution in [3.05, 3.63) is 0 Å². The third-order valence-electron chi connectivity index (χ3n) is 2.37. The molecule has 0 amide bonds. The molecule has 0 radical (unpaired) electrons. The number of aliphatic imine (C=N–C) groups is 1. The molecule has 0 saturated heterocycles. The molecule has 0 saturated carbocycles. The van der Waals surface area contributed by atoms with Crippen LogP contribution in [0, 0.1) is 0 Å². The van der Waals surface area contributed by atoms with Crippen molar-refractivity contribution < 1.29 is 29.2 Å². The minimum absolute atomic E-state index is 0.112. The Morgan fingerprint density at radius 1 is 1.40 bits per heavy atom. The lowest BCUT2D eigenvalue weighted by atomic mass is 10.1. The van der Waals surface area contributed by atoms with E-state index < -0.39 is 18.2 Å². The zero-order valence-corrected chi connectivity index (χ0v) is 11.6. The number of hydrogen-bond donors (Lipinski definition) is 3. The van der Waals surface area contributed by atoms with Gasteiger partial charge in [0.2, 0.25) is 0 Å². The van der Waals surface area contributed by atoms with Crippen LogP contribution in [0.1, 0.15) is 26.2 Å². The number of hydrogen-bond acceptors (Lipinski definition) is 8. The van der Waals surface area contributed by atoms with Crippen LogP contribution in [0.25, 0.3) is 0 Å². The number of carbonyl (C=O) groups is 2. The van der Waals surface area contributed by atoms with Crippen LogP contribution in [0.15, 0.2) is 4.99 Å². The molecule has 9 heteroatoms. The Balaban J connectivity index is 3.61. The van der Waals surface area contributed by atoms with E-state index in [1.54, 1.807) is 6.92 Å². The second kappa shape index (κ2) is 11.0. The molecule has 1 atom stereocenters. The van der Waals surface area contributed by atoms with Gasteiger partial charge in [0.25, 0.3) is 0 Å². The third kappa shape index (κ3) is 9.11. The van der Waals surface area contributed by atoms with Crippen molar-refractivity contribution in [2.45, 2.75) is 32.2 Å². The van der Waals surface area contributed by atoms with Crippen molar-refractivity contribution in [1.82, 2.24) is 5.32 Å². The van der Waals surface area contributed by atoms with Gasteiger partial charge in [0.15, 0.2) is 6.73 Å². The van der Waals surface area contributed by atoms with Crippen molar-refractivity contribution in [2.24, 2.45) is 10.7 Å². The summed E-state index contributed by atoms with van der Waals surface area (Å²) >= 11 is 0. The number of nitrogens with one attached hydrogen (secondary N) is 1. The van der Waals surface area contributed by atoms with E-state index in [2.05, 4.69) is 24.7 Å². The standard InChI is InChI=1S/C11H21N3O6/c1-8(14-7-19-11(16)18-2)13-6-4-3-5-9(12)10(15)20-17/h9,17H,3-7,12H2,1-2H3,(H,13,14)/t9-/m0/s1. The first-order chi connectivity index (χ1) is 9.51. The van der Waals surface area contributed by atoms with Gasteiger partial charge in [0, 0.05) is 6.54 Å². The molecule has 4 N–H and O–H groups in total. The predicted octanol–water partition coefficient (Wildman–Crippen LogP) is 0.249. The predicted molar refractivity (Wildman–Crippen MR) is 70.0 cm³/mol. The molecular weight excluding hydrogens is 270 g/mol. The molecule has 9 nitrogen and oxygen atoms in total. The molecule has 0 rings (SSSR count). The second-order valence-corrected chi connectivity index (χ2v) is 3.91. The summed E-state index contributed by atoms with van der Waals surface area (Å²) in [4.78, 5) is 28.9. The lowest BCUT2D eigenvalue weighted by Gasteiger charge is -2.08. The molecule has 0 heterocycles. The molecule has 0 aromatic carbocycles. The summed E-state index contributed by atoms with van der Waals surface area (Å²) in [5.41, 5.74) is 5.44. The third-order valence-corrected chi connectivity index (χ3v) is 2.37. The van der Waals surface area contributed by atoms with Crippen molar-refractivity contribution in [2.75, 3.05) is 20.4 Å². The van der Waals surface area contributed by atoms with E-state index in [1.807, 2.05) is 0 Å². The fourth-order valence-corrected chi connectivity index (χ4v) is 1.24. The smallest absolute Gasteiger partial charge is 0.438 e. The van der Waals surface area contributed by atoms with E-state index >= 15 is 0 Å². The molecule has 0 spiro atoms. The van der Waals surface area contributed by atoms with Crippen molar-refractivity contribution in [1.29, 1.82) is 0 Å². The second-order valence-electron chi connectivity index (χ2n) is 3.91. The highest BCUT2D eigenvalue weighted by atomic mass is 17.1. The Morgan fingerprint density at radius 3 is 2.70 bits per heavy atom. The van der Waals surface area contributed by atoms with E-state index in [0.29, 0.717) is 25.2 Å². The molecule has 0 aliphatic carbocycles. The fraction of sp³-hybridized carbons (Fsp3) is 0.727. The first-order valence-corrected chi connectivity index (χ1v) is 6.07. The van der Waals surface area contributed by atoms with Gasteiger partial charge in [-0.25, -0.2) is 14.6 Å². The minimum atomic E-state index is -0.837. The first kappa shape index (κ1) is 18.1. The quantitative estimate of drug-likeness (QED) is 0.145. The maximum absolute atomic E-state index is 10.8. The summed E-state index contributed by atoms with van der Waals surface area (Å²) < 4.78 is 8.86. The van der Waals surface area contributed by atoms with Gasteiger partial charge in [0.05, 0.1) is 12.9 Å². The van der Waals surface area contributed by atoms with Gasteiger partial charge in [-0.15, -0.1) is 0 Å². The largest absolute Gasteiger partial charge is 0.509 e. The van der Waals surface area contributed by atoms with Crippen LogP contribution in [0.2, 0.25) is 0 Å². The summed E-state index contributed by atoms with van der Waals surface area (Å²) in [6, 6.07) is -0.816. The number of rotatable bonds is 8. The molecule has 0 aliphatic rings. The SMILES string of the molecule is COC(=O)OCN=C(C)NCCCC[C@H](N)C(=O)OO. The number of nitrogens with two attached hydrogens (primary N) is 1. The highest BCUT2D eigenvalue weighted by Crippen LogP contribution is 1.99.